The van der Waals surface area contributed by atoms with Crippen LogP contribution in [0.5, 0.6) is 0 Å². The minimum Gasteiger partial charge on any atom is -0.394 e. The van der Waals surface area contributed by atoms with E-state index in [0.717, 1.165) is 0 Å². The molecule has 1 amide bonds. The van der Waals surface area contributed by atoms with Crippen LogP contribution in [0, 0.1) is 5.82 Å². The van der Waals surface area contributed by atoms with Gasteiger partial charge in [-0.3, -0.25) is 4.79 Å². The number of hydrogen-bond donors (Lipinski definition) is 2. The van der Waals surface area contributed by atoms with Crippen LogP contribution in [0.25, 0.3) is 0 Å². The van der Waals surface area contributed by atoms with Crippen LogP contribution in [-0.2, 0) is 0 Å². The van der Waals surface area contributed by atoms with Crippen molar-refractivity contribution in [2.75, 3.05) is 6.61 Å². The number of benzene rings is 1. The highest BCUT2D eigenvalue weighted by molar-refractivity contribution is 6.34. The maximum absolute atomic E-state index is 13.0. The number of carbonyl (C=O) groups is 1. The topological polar surface area (TPSA) is 49.3 Å². The largest absolute Gasteiger partial charge is 0.394 e. The lowest BCUT2D eigenvalue weighted by atomic mass is 10.2. The minimum absolute atomic E-state index is 0.0666. The van der Waals surface area contributed by atoms with Crippen LogP contribution in [0.3, 0.4) is 0 Å². The summed E-state index contributed by atoms with van der Waals surface area (Å²) < 4.78 is 13.0. The highest BCUT2D eigenvalue weighted by Crippen LogP contribution is 2.19. The summed E-state index contributed by atoms with van der Waals surface area (Å²) in [6.07, 6.45) is 0. The number of halogens is 2. The first kappa shape index (κ1) is 11.9. The van der Waals surface area contributed by atoms with Crippen LogP contribution < -0.4 is 5.32 Å². The lowest BCUT2D eigenvalue weighted by Crippen LogP contribution is -2.35. The molecular weight excluding hydrogens is 221 g/mol. The summed E-state index contributed by atoms with van der Waals surface area (Å²) in [4.78, 5) is 11.5. The van der Waals surface area contributed by atoms with Crippen molar-refractivity contribution in [3.63, 3.8) is 0 Å². The van der Waals surface area contributed by atoms with E-state index in [1.807, 2.05) is 0 Å². The quantitative estimate of drug-likeness (QED) is 0.830. The Morgan fingerprint density at radius 3 is 2.93 bits per heavy atom. The van der Waals surface area contributed by atoms with Crippen molar-refractivity contribution in [3.8, 4) is 0 Å². The standard InChI is InChI=1S/C10H11ClFNO2/c1-6(5-14)13-10(15)7-3-2-4-8(12)9(7)11/h2-4,6,14H,5H2,1H3,(H,13,15)/t6-/m0/s1. The van der Waals surface area contributed by atoms with Crippen molar-refractivity contribution in [2.24, 2.45) is 0 Å². The molecule has 0 aromatic heterocycles. The minimum atomic E-state index is -0.638. The maximum atomic E-state index is 13.0. The molecule has 0 radical (unpaired) electrons. The molecule has 0 saturated carbocycles. The number of aliphatic hydroxyl groups excluding tert-OH is 1. The van der Waals surface area contributed by atoms with Gasteiger partial charge in [0.1, 0.15) is 5.82 Å². The van der Waals surface area contributed by atoms with E-state index in [1.165, 1.54) is 18.2 Å². The zero-order chi connectivity index (χ0) is 11.4. The molecule has 1 aromatic rings. The van der Waals surface area contributed by atoms with E-state index in [-0.39, 0.29) is 17.2 Å². The highest BCUT2D eigenvalue weighted by atomic mass is 35.5. The van der Waals surface area contributed by atoms with E-state index in [0.29, 0.717) is 0 Å². The van der Waals surface area contributed by atoms with Crippen LogP contribution in [-0.4, -0.2) is 23.7 Å². The Kier molecular flexibility index (Phi) is 4.05. The summed E-state index contributed by atoms with van der Waals surface area (Å²) in [5, 5.41) is 11.0. The van der Waals surface area contributed by atoms with Gasteiger partial charge in [0.2, 0.25) is 0 Å². The van der Waals surface area contributed by atoms with E-state index in [9.17, 15) is 9.18 Å². The zero-order valence-corrected chi connectivity index (χ0v) is 8.88. The van der Waals surface area contributed by atoms with Crippen molar-refractivity contribution in [3.05, 3.63) is 34.6 Å². The Balaban J connectivity index is 2.87. The molecule has 0 aliphatic rings. The molecule has 5 heteroatoms. The fourth-order valence-electron chi connectivity index (χ4n) is 1.03. The number of nitrogens with one attached hydrogen (secondary N) is 1. The molecule has 0 spiro atoms. The molecule has 1 atom stereocenters. The van der Waals surface area contributed by atoms with Gasteiger partial charge in [-0.25, -0.2) is 4.39 Å². The van der Waals surface area contributed by atoms with Crippen molar-refractivity contribution in [1.29, 1.82) is 0 Å². The first-order chi connectivity index (χ1) is 7.06. The summed E-state index contributed by atoms with van der Waals surface area (Å²) in [7, 11) is 0. The average molecular weight is 232 g/mol. The Hall–Kier alpha value is -1.13. The van der Waals surface area contributed by atoms with E-state index in [2.05, 4.69) is 5.32 Å². The zero-order valence-electron chi connectivity index (χ0n) is 8.13. The van der Waals surface area contributed by atoms with Gasteiger partial charge in [0.25, 0.3) is 5.91 Å². The molecule has 0 heterocycles. The van der Waals surface area contributed by atoms with Crippen molar-refractivity contribution < 1.29 is 14.3 Å². The molecule has 3 nitrogen and oxygen atoms in total. The Morgan fingerprint density at radius 1 is 1.67 bits per heavy atom. The molecule has 0 aliphatic carbocycles. The van der Waals surface area contributed by atoms with Crippen molar-refractivity contribution >= 4 is 17.5 Å². The number of amides is 1. The monoisotopic (exact) mass is 231 g/mol. The number of aliphatic hydroxyl groups is 1. The maximum Gasteiger partial charge on any atom is 0.253 e. The molecule has 0 bridgehead atoms. The molecule has 0 aliphatic heterocycles. The highest BCUT2D eigenvalue weighted by Gasteiger charge is 2.14. The molecule has 82 valence electrons. The van der Waals surface area contributed by atoms with Gasteiger partial charge in [0.05, 0.1) is 17.2 Å². The molecule has 15 heavy (non-hydrogen) atoms. The van der Waals surface area contributed by atoms with Crippen LogP contribution in [0.15, 0.2) is 18.2 Å². The molecule has 0 saturated heterocycles. The molecule has 2 N–H and O–H groups in total. The van der Waals surface area contributed by atoms with Crippen LogP contribution in [0.2, 0.25) is 5.02 Å². The molecule has 1 aromatic carbocycles. The van der Waals surface area contributed by atoms with Gasteiger partial charge in [-0.1, -0.05) is 17.7 Å². The second kappa shape index (κ2) is 5.09. The average Bonchev–Trinajstić information content (AvgIpc) is 2.21. The fraction of sp³-hybridized carbons (Fsp3) is 0.300. The molecule has 0 fully saturated rings. The Bertz CT molecular complexity index is 370. The summed E-state index contributed by atoms with van der Waals surface area (Å²) in [5.74, 6) is -1.14. The van der Waals surface area contributed by atoms with Crippen LogP contribution in [0.1, 0.15) is 17.3 Å². The predicted octanol–water partition coefficient (Wildman–Crippen LogP) is 1.59. The first-order valence-corrected chi connectivity index (χ1v) is 4.79. The molecule has 0 unspecified atom stereocenters. The third kappa shape index (κ3) is 2.91. The van der Waals surface area contributed by atoms with Crippen LogP contribution in [0.4, 0.5) is 4.39 Å². The van der Waals surface area contributed by atoms with Gasteiger partial charge in [0.15, 0.2) is 0 Å². The second-order valence-corrected chi connectivity index (χ2v) is 3.54. The van der Waals surface area contributed by atoms with Gasteiger partial charge >= 0.3 is 0 Å². The van der Waals surface area contributed by atoms with Gasteiger partial charge < -0.3 is 10.4 Å². The SMILES string of the molecule is C[C@@H](CO)NC(=O)c1cccc(F)c1Cl. The fourth-order valence-corrected chi connectivity index (χ4v) is 1.24. The third-order valence-electron chi connectivity index (χ3n) is 1.85. The van der Waals surface area contributed by atoms with E-state index >= 15 is 0 Å². The van der Waals surface area contributed by atoms with Crippen molar-refractivity contribution in [2.45, 2.75) is 13.0 Å². The number of rotatable bonds is 3. The predicted molar refractivity (Wildman–Crippen MR) is 55.4 cm³/mol. The van der Waals surface area contributed by atoms with Crippen LogP contribution >= 0.6 is 11.6 Å². The summed E-state index contributed by atoms with van der Waals surface area (Å²) in [6.45, 7) is 1.45. The lowest BCUT2D eigenvalue weighted by molar-refractivity contribution is 0.0922. The second-order valence-electron chi connectivity index (χ2n) is 3.16. The summed E-state index contributed by atoms with van der Waals surface area (Å²) in [6, 6.07) is 3.61. The normalized spacial score (nSPS) is 12.3. The first-order valence-electron chi connectivity index (χ1n) is 4.42. The Morgan fingerprint density at radius 2 is 2.33 bits per heavy atom. The summed E-state index contributed by atoms with van der Waals surface area (Å²) >= 11 is 5.62. The van der Waals surface area contributed by atoms with Gasteiger partial charge in [-0.2, -0.15) is 0 Å². The van der Waals surface area contributed by atoms with Gasteiger partial charge in [-0.15, -0.1) is 0 Å². The van der Waals surface area contributed by atoms with Gasteiger partial charge in [-0.05, 0) is 19.1 Å². The molecule has 1 rings (SSSR count). The number of hydrogen-bond acceptors (Lipinski definition) is 2. The van der Waals surface area contributed by atoms with E-state index in [4.69, 9.17) is 16.7 Å². The lowest BCUT2D eigenvalue weighted by Gasteiger charge is -2.11. The molecular formula is C10H11ClFNO2. The smallest absolute Gasteiger partial charge is 0.253 e. The Labute approximate surface area is 91.9 Å². The van der Waals surface area contributed by atoms with Crippen molar-refractivity contribution in [1.82, 2.24) is 5.32 Å². The van der Waals surface area contributed by atoms with E-state index < -0.39 is 17.8 Å². The summed E-state index contributed by atoms with van der Waals surface area (Å²) in [5.41, 5.74) is 0.0666. The number of carbonyl (C=O) groups excluding carboxylic acids is 1. The third-order valence-corrected chi connectivity index (χ3v) is 2.23. The van der Waals surface area contributed by atoms with Gasteiger partial charge in [0, 0.05) is 6.04 Å². The van der Waals surface area contributed by atoms with E-state index in [1.54, 1.807) is 6.92 Å².